The lowest BCUT2D eigenvalue weighted by molar-refractivity contribution is -0.116. The zero-order chi connectivity index (χ0) is 22.7. The van der Waals surface area contributed by atoms with Gasteiger partial charge in [0.05, 0.1) is 23.1 Å². The Morgan fingerprint density at radius 2 is 1.88 bits per heavy atom. The lowest BCUT2D eigenvalue weighted by atomic mass is 9.75. The number of fused-ring (bicyclic) bond motifs is 6. The van der Waals surface area contributed by atoms with Gasteiger partial charge in [0, 0.05) is 27.6 Å². The molecule has 1 aromatic carbocycles. The number of allylic oxidation sites excluding steroid dienone is 3. The third-order valence-corrected chi connectivity index (χ3v) is 8.78. The number of nitriles is 1. The number of halogens is 1. The van der Waals surface area contributed by atoms with Crippen LogP contribution < -0.4 is 10.2 Å². The van der Waals surface area contributed by atoms with Crippen molar-refractivity contribution < 1.29 is 9.59 Å². The highest BCUT2D eigenvalue weighted by atomic mass is 35.5. The number of aryl methyl sites for hydroxylation is 1. The molecule has 5 nitrogen and oxygen atoms in total. The summed E-state index contributed by atoms with van der Waals surface area (Å²) in [7, 11) is 0. The first-order valence-electron chi connectivity index (χ1n) is 11.5. The van der Waals surface area contributed by atoms with E-state index in [0.717, 1.165) is 65.9 Å². The molecular formula is C26H22ClN3O2S. The number of hydrogen-bond donors (Lipinski definition) is 1. The van der Waals surface area contributed by atoms with E-state index in [-0.39, 0.29) is 11.7 Å². The molecule has 1 N–H and O–H groups in total. The van der Waals surface area contributed by atoms with Gasteiger partial charge < -0.3 is 5.32 Å². The molecule has 166 valence electrons. The number of amides is 1. The molecule has 0 fully saturated rings. The second-order valence-corrected chi connectivity index (χ2v) is 10.5. The monoisotopic (exact) mass is 475 g/mol. The van der Waals surface area contributed by atoms with Crippen molar-refractivity contribution in [3.05, 3.63) is 73.5 Å². The molecule has 4 aliphatic rings. The van der Waals surface area contributed by atoms with Crippen LogP contribution in [-0.4, -0.2) is 11.7 Å². The molecule has 2 aliphatic carbocycles. The van der Waals surface area contributed by atoms with Gasteiger partial charge in [-0.15, -0.1) is 11.3 Å². The fourth-order valence-corrected chi connectivity index (χ4v) is 7.38. The van der Waals surface area contributed by atoms with E-state index in [1.54, 1.807) is 17.4 Å². The van der Waals surface area contributed by atoms with E-state index in [2.05, 4.69) is 11.4 Å². The highest BCUT2D eigenvalue weighted by Gasteiger charge is 2.46. The first kappa shape index (κ1) is 20.7. The maximum absolute atomic E-state index is 13.4. The molecule has 7 heteroatoms. The molecule has 0 radical (unpaired) electrons. The molecule has 1 atom stereocenters. The number of carbonyl (C=O) groups excluding carboxylic acids is 2. The van der Waals surface area contributed by atoms with Gasteiger partial charge in [-0.2, -0.15) is 5.26 Å². The van der Waals surface area contributed by atoms with Crippen LogP contribution in [0.4, 0.5) is 5.00 Å². The Morgan fingerprint density at radius 3 is 2.70 bits per heavy atom. The van der Waals surface area contributed by atoms with Crippen molar-refractivity contribution in [1.29, 1.82) is 5.26 Å². The largest absolute Gasteiger partial charge is 0.307 e. The maximum atomic E-state index is 13.4. The molecular weight excluding hydrogens is 454 g/mol. The Bertz CT molecular complexity index is 1330. The minimum Gasteiger partial charge on any atom is -0.307 e. The van der Waals surface area contributed by atoms with E-state index in [1.165, 1.54) is 11.3 Å². The summed E-state index contributed by atoms with van der Waals surface area (Å²) in [5, 5.41) is 14.7. The summed E-state index contributed by atoms with van der Waals surface area (Å²) in [6.45, 7) is 0. The van der Waals surface area contributed by atoms with Crippen molar-refractivity contribution in [1.82, 2.24) is 5.32 Å². The lowest BCUT2D eigenvalue weighted by Gasteiger charge is -2.42. The Morgan fingerprint density at radius 1 is 1.06 bits per heavy atom. The summed E-state index contributed by atoms with van der Waals surface area (Å²) in [5.74, 6) is -0.167. The number of Topliss-reactive ketones (excluding diaryl/α,β-unsaturated/α-hetero) is 1. The third-order valence-electron chi connectivity index (χ3n) is 7.16. The third kappa shape index (κ3) is 3.03. The molecule has 0 unspecified atom stereocenters. The highest BCUT2D eigenvalue weighted by molar-refractivity contribution is 7.17. The SMILES string of the molecule is N#CC1=C2NC(=O)c3c(sc4c3CCCCC4)N2C2=C(C(=O)CCC2)[C@@H]1c1ccccc1Cl. The normalized spacial score (nSPS) is 22.1. The van der Waals surface area contributed by atoms with Crippen molar-refractivity contribution in [2.45, 2.75) is 57.3 Å². The van der Waals surface area contributed by atoms with Crippen LogP contribution in [-0.2, 0) is 17.6 Å². The van der Waals surface area contributed by atoms with E-state index in [0.29, 0.717) is 28.4 Å². The van der Waals surface area contributed by atoms with Gasteiger partial charge in [0.25, 0.3) is 5.91 Å². The molecule has 0 saturated heterocycles. The van der Waals surface area contributed by atoms with Crippen LogP contribution in [0.5, 0.6) is 0 Å². The van der Waals surface area contributed by atoms with E-state index in [4.69, 9.17) is 11.6 Å². The number of ketones is 1. The number of nitrogens with one attached hydrogen (secondary N) is 1. The Balaban J connectivity index is 1.63. The minimum absolute atomic E-state index is 0.0598. The summed E-state index contributed by atoms with van der Waals surface area (Å²) >= 11 is 8.22. The number of benzene rings is 1. The molecule has 6 rings (SSSR count). The Hall–Kier alpha value is -2.88. The molecule has 1 amide bonds. The van der Waals surface area contributed by atoms with Crippen molar-refractivity contribution in [3.63, 3.8) is 0 Å². The quantitative estimate of drug-likeness (QED) is 0.532. The maximum Gasteiger partial charge on any atom is 0.260 e. The van der Waals surface area contributed by atoms with Gasteiger partial charge in [0.1, 0.15) is 10.8 Å². The summed E-state index contributed by atoms with van der Waals surface area (Å²) in [6.07, 6.45) is 7.20. The first-order valence-corrected chi connectivity index (χ1v) is 12.7. The molecule has 1 aromatic heterocycles. The predicted octanol–water partition coefficient (Wildman–Crippen LogP) is 5.76. The number of rotatable bonds is 1. The van der Waals surface area contributed by atoms with Gasteiger partial charge in [0.2, 0.25) is 0 Å². The second-order valence-electron chi connectivity index (χ2n) is 9.00. The van der Waals surface area contributed by atoms with E-state index >= 15 is 0 Å². The van der Waals surface area contributed by atoms with Crippen LogP contribution in [0.1, 0.15) is 70.8 Å². The zero-order valence-electron chi connectivity index (χ0n) is 18.0. The van der Waals surface area contributed by atoms with Crippen LogP contribution in [0, 0.1) is 11.3 Å². The highest BCUT2D eigenvalue weighted by Crippen LogP contribution is 2.52. The van der Waals surface area contributed by atoms with Crippen molar-refractivity contribution in [3.8, 4) is 6.07 Å². The predicted molar refractivity (Wildman–Crippen MR) is 128 cm³/mol. The number of hydrogen-bond acceptors (Lipinski definition) is 5. The van der Waals surface area contributed by atoms with E-state index < -0.39 is 5.92 Å². The average Bonchev–Trinajstić information content (AvgIpc) is 3.02. The van der Waals surface area contributed by atoms with Crippen molar-refractivity contribution >= 4 is 39.6 Å². The first-order chi connectivity index (χ1) is 16.1. The molecule has 2 aliphatic heterocycles. The lowest BCUT2D eigenvalue weighted by Crippen LogP contribution is -2.46. The number of anilines is 1. The second kappa shape index (κ2) is 7.86. The van der Waals surface area contributed by atoms with Gasteiger partial charge in [0.15, 0.2) is 5.78 Å². The molecule has 0 bridgehead atoms. The van der Waals surface area contributed by atoms with Crippen molar-refractivity contribution in [2.75, 3.05) is 4.90 Å². The standard InChI is InChI=1S/C26H22ClN3O2S/c27-17-9-5-4-7-14(17)21-16(13-28)24-29-25(32)22-15-8-2-1-3-12-20(15)33-26(22)30(24)18-10-6-11-19(31)23(18)21/h4-5,7,9,21H,1-3,6,8,10-12H2,(H,29,32)/t21-/m1/s1. The zero-order valence-corrected chi connectivity index (χ0v) is 19.6. The molecule has 33 heavy (non-hydrogen) atoms. The molecule has 2 aromatic rings. The van der Waals surface area contributed by atoms with E-state index in [9.17, 15) is 14.9 Å². The summed E-state index contributed by atoms with van der Waals surface area (Å²) < 4.78 is 0. The van der Waals surface area contributed by atoms with Gasteiger partial charge in [-0.3, -0.25) is 14.5 Å². The van der Waals surface area contributed by atoms with Crippen LogP contribution >= 0.6 is 22.9 Å². The number of thiophene rings is 1. The van der Waals surface area contributed by atoms with Crippen molar-refractivity contribution in [2.24, 2.45) is 0 Å². The minimum atomic E-state index is -0.572. The molecule has 3 heterocycles. The van der Waals surface area contributed by atoms with Gasteiger partial charge in [-0.1, -0.05) is 36.2 Å². The van der Waals surface area contributed by atoms with E-state index in [1.807, 2.05) is 23.1 Å². The summed E-state index contributed by atoms with van der Waals surface area (Å²) in [5.41, 5.74) is 4.55. The van der Waals surface area contributed by atoms with Crippen LogP contribution in [0.25, 0.3) is 0 Å². The number of nitrogens with zero attached hydrogens (tertiary/aromatic N) is 2. The van der Waals surface area contributed by atoms with Crippen LogP contribution in [0.15, 0.2) is 46.9 Å². The Kier molecular flexibility index (Phi) is 4.93. The van der Waals surface area contributed by atoms with Crippen LogP contribution in [0.2, 0.25) is 5.02 Å². The summed E-state index contributed by atoms with van der Waals surface area (Å²) in [4.78, 5) is 30.0. The topological polar surface area (TPSA) is 73.2 Å². The van der Waals surface area contributed by atoms with Gasteiger partial charge in [-0.05, 0) is 55.7 Å². The van der Waals surface area contributed by atoms with Gasteiger partial charge >= 0.3 is 0 Å². The Labute approximate surface area is 201 Å². The molecule has 0 spiro atoms. The van der Waals surface area contributed by atoms with Crippen LogP contribution in [0.3, 0.4) is 0 Å². The smallest absolute Gasteiger partial charge is 0.260 e. The van der Waals surface area contributed by atoms with Gasteiger partial charge in [-0.25, -0.2) is 0 Å². The fraction of sp³-hybridized carbons (Fsp3) is 0.346. The fourth-order valence-electron chi connectivity index (χ4n) is 5.72. The average molecular weight is 476 g/mol. The molecule has 0 saturated carbocycles. The number of carbonyl (C=O) groups is 2. The summed E-state index contributed by atoms with van der Waals surface area (Å²) in [6, 6.07) is 9.70.